The molecule has 0 atom stereocenters. The van der Waals surface area contributed by atoms with Gasteiger partial charge in [0.05, 0.1) is 11.9 Å². The van der Waals surface area contributed by atoms with E-state index in [1.54, 1.807) is 25.3 Å². The van der Waals surface area contributed by atoms with Crippen molar-refractivity contribution in [3.63, 3.8) is 0 Å². The van der Waals surface area contributed by atoms with Gasteiger partial charge in [-0.25, -0.2) is 4.98 Å². The standard InChI is InChI=1S/C19H26N4O3S2/c1-13-4-5-15(24)14(2)17(13)22-18(25)16-12-21-19(27-16)20-6-3-7-23-8-10-28(26)11-9-23/h4-5,12,24H,3,6-11H2,1-2H3,(H,20,21)(H,22,25). The molecule has 1 aliphatic rings. The fraction of sp³-hybridized carbons (Fsp3) is 0.474. The molecule has 0 bridgehead atoms. The SMILES string of the molecule is Cc1ccc(O)c(C)c1NC(=O)c1cnc(NCCCN2CCS(=O)CC2)s1. The van der Waals surface area contributed by atoms with Crippen molar-refractivity contribution in [2.24, 2.45) is 0 Å². The van der Waals surface area contributed by atoms with Gasteiger partial charge >= 0.3 is 0 Å². The topological polar surface area (TPSA) is 94.6 Å². The largest absolute Gasteiger partial charge is 0.508 e. The molecule has 28 heavy (non-hydrogen) atoms. The average molecular weight is 423 g/mol. The van der Waals surface area contributed by atoms with Crippen LogP contribution in [0.1, 0.15) is 27.2 Å². The van der Waals surface area contributed by atoms with Crippen LogP contribution >= 0.6 is 11.3 Å². The summed E-state index contributed by atoms with van der Waals surface area (Å²) >= 11 is 1.31. The second-order valence-corrected chi connectivity index (χ2v) is 9.58. The Hall–Kier alpha value is -1.97. The highest BCUT2D eigenvalue weighted by atomic mass is 32.2. The molecule has 0 unspecified atom stereocenters. The lowest BCUT2D eigenvalue weighted by Crippen LogP contribution is -2.38. The third-order valence-corrected chi connectivity index (χ3v) is 7.04. The summed E-state index contributed by atoms with van der Waals surface area (Å²) in [5.41, 5.74) is 2.18. The van der Waals surface area contributed by atoms with Crippen LogP contribution in [0.15, 0.2) is 18.3 Å². The molecular weight excluding hydrogens is 396 g/mol. The van der Waals surface area contributed by atoms with Gasteiger partial charge in [0.1, 0.15) is 10.6 Å². The molecule has 2 aromatic rings. The summed E-state index contributed by atoms with van der Waals surface area (Å²) in [6.45, 7) is 7.22. The lowest BCUT2D eigenvalue weighted by molar-refractivity contribution is 0.103. The first-order valence-electron chi connectivity index (χ1n) is 9.31. The molecule has 152 valence electrons. The first kappa shape index (κ1) is 20.8. The van der Waals surface area contributed by atoms with E-state index in [1.807, 2.05) is 6.92 Å². The number of thiazole rings is 1. The normalized spacial score (nSPS) is 15.5. The van der Waals surface area contributed by atoms with Crippen LogP contribution in [0.25, 0.3) is 0 Å². The number of aryl methyl sites for hydroxylation is 1. The number of phenolic OH excluding ortho intramolecular Hbond substituents is 1. The van der Waals surface area contributed by atoms with Crippen LogP contribution in [0.2, 0.25) is 0 Å². The minimum absolute atomic E-state index is 0.160. The Morgan fingerprint density at radius 2 is 2.07 bits per heavy atom. The monoisotopic (exact) mass is 422 g/mol. The van der Waals surface area contributed by atoms with Crippen molar-refractivity contribution >= 4 is 38.9 Å². The van der Waals surface area contributed by atoms with E-state index in [0.717, 1.165) is 49.7 Å². The lowest BCUT2D eigenvalue weighted by atomic mass is 10.1. The Morgan fingerprint density at radius 1 is 1.32 bits per heavy atom. The number of aromatic nitrogens is 1. The number of nitrogens with one attached hydrogen (secondary N) is 2. The summed E-state index contributed by atoms with van der Waals surface area (Å²) in [6.07, 6.45) is 2.53. The van der Waals surface area contributed by atoms with Gasteiger partial charge in [-0.2, -0.15) is 0 Å². The molecule has 0 saturated carbocycles. The Bertz CT molecular complexity index is 859. The van der Waals surface area contributed by atoms with Gasteiger partial charge in [-0.05, 0) is 38.4 Å². The molecule has 1 fully saturated rings. The van der Waals surface area contributed by atoms with Crippen molar-refractivity contribution in [2.75, 3.05) is 48.3 Å². The number of hydrogen-bond donors (Lipinski definition) is 3. The Balaban J connectivity index is 1.48. The zero-order valence-electron chi connectivity index (χ0n) is 16.2. The molecule has 0 aliphatic carbocycles. The second kappa shape index (κ2) is 9.49. The maximum absolute atomic E-state index is 12.5. The number of benzene rings is 1. The molecule has 1 amide bonds. The zero-order chi connectivity index (χ0) is 20.1. The van der Waals surface area contributed by atoms with E-state index in [9.17, 15) is 14.1 Å². The first-order chi connectivity index (χ1) is 13.4. The van der Waals surface area contributed by atoms with Crippen LogP contribution in [0.4, 0.5) is 10.8 Å². The van der Waals surface area contributed by atoms with E-state index in [4.69, 9.17) is 0 Å². The van der Waals surface area contributed by atoms with Gasteiger partial charge in [-0.15, -0.1) is 0 Å². The summed E-state index contributed by atoms with van der Waals surface area (Å²) in [6, 6.07) is 3.40. The molecule has 0 radical (unpaired) electrons. The van der Waals surface area contributed by atoms with Gasteiger partial charge < -0.3 is 20.6 Å². The molecule has 1 aromatic carbocycles. The van der Waals surface area contributed by atoms with E-state index in [0.29, 0.717) is 21.3 Å². The number of hydrogen-bond acceptors (Lipinski definition) is 7. The van der Waals surface area contributed by atoms with Crippen LogP contribution in [0.5, 0.6) is 5.75 Å². The Kier molecular flexibility index (Phi) is 7.03. The van der Waals surface area contributed by atoms with Gasteiger partial charge in [0.25, 0.3) is 5.91 Å². The highest BCUT2D eigenvalue weighted by molar-refractivity contribution is 7.85. The summed E-state index contributed by atoms with van der Waals surface area (Å²) in [4.78, 5) is 19.7. The summed E-state index contributed by atoms with van der Waals surface area (Å²) in [5.74, 6) is 1.48. The highest BCUT2D eigenvalue weighted by Crippen LogP contribution is 2.29. The summed E-state index contributed by atoms with van der Waals surface area (Å²) in [7, 11) is -0.637. The predicted molar refractivity (Wildman–Crippen MR) is 115 cm³/mol. The second-order valence-electron chi connectivity index (χ2n) is 6.86. The lowest BCUT2D eigenvalue weighted by Gasteiger charge is -2.25. The Morgan fingerprint density at radius 3 is 2.82 bits per heavy atom. The number of carbonyl (C=O) groups is 1. The third-order valence-electron chi connectivity index (χ3n) is 4.81. The zero-order valence-corrected chi connectivity index (χ0v) is 17.8. The number of amides is 1. The maximum Gasteiger partial charge on any atom is 0.267 e. The predicted octanol–water partition coefficient (Wildman–Crippen LogP) is 2.58. The molecule has 0 spiro atoms. The Labute approximate surface area is 171 Å². The highest BCUT2D eigenvalue weighted by Gasteiger charge is 2.16. The minimum Gasteiger partial charge on any atom is -0.508 e. The summed E-state index contributed by atoms with van der Waals surface area (Å²) < 4.78 is 11.4. The van der Waals surface area contributed by atoms with Gasteiger partial charge in [-0.3, -0.25) is 9.00 Å². The number of carbonyl (C=O) groups excluding carboxylic acids is 1. The van der Waals surface area contributed by atoms with E-state index < -0.39 is 10.8 Å². The van der Waals surface area contributed by atoms with Crippen LogP contribution in [-0.4, -0.2) is 62.8 Å². The molecule has 9 heteroatoms. The van der Waals surface area contributed by atoms with Gasteiger partial charge in [0.15, 0.2) is 5.13 Å². The van der Waals surface area contributed by atoms with Crippen LogP contribution < -0.4 is 10.6 Å². The number of rotatable bonds is 7. The van der Waals surface area contributed by atoms with E-state index in [1.165, 1.54) is 11.3 Å². The third kappa shape index (κ3) is 5.30. The maximum atomic E-state index is 12.5. The molecule has 1 saturated heterocycles. The van der Waals surface area contributed by atoms with E-state index >= 15 is 0 Å². The van der Waals surface area contributed by atoms with Gasteiger partial charge in [-0.1, -0.05) is 17.4 Å². The molecular formula is C19H26N4O3S2. The van der Waals surface area contributed by atoms with Crippen molar-refractivity contribution in [3.05, 3.63) is 34.3 Å². The molecule has 1 aromatic heterocycles. The smallest absolute Gasteiger partial charge is 0.267 e. The number of nitrogens with zero attached hydrogens (tertiary/aromatic N) is 2. The quantitative estimate of drug-likeness (QED) is 0.594. The van der Waals surface area contributed by atoms with Crippen LogP contribution in [0.3, 0.4) is 0 Å². The first-order valence-corrected chi connectivity index (χ1v) is 11.6. The van der Waals surface area contributed by atoms with E-state index in [-0.39, 0.29) is 11.7 Å². The molecule has 2 heterocycles. The molecule has 3 rings (SSSR count). The van der Waals surface area contributed by atoms with E-state index in [2.05, 4.69) is 20.5 Å². The summed E-state index contributed by atoms with van der Waals surface area (Å²) in [5, 5.41) is 16.7. The minimum atomic E-state index is -0.637. The number of aromatic hydroxyl groups is 1. The fourth-order valence-corrected chi connectivity index (χ4v) is 4.93. The fourth-order valence-electron chi connectivity index (χ4n) is 3.06. The average Bonchev–Trinajstić information content (AvgIpc) is 3.16. The van der Waals surface area contributed by atoms with Gasteiger partial charge in [0.2, 0.25) is 0 Å². The van der Waals surface area contributed by atoms with Crippen molar-refractivity contribution in [3.8, 4) is 5.75 Å². The van der Waals surface area contributed by atoms with Crippen molar-refractivity contribution in [1.29, 1.82) is 0 Å². The van der Waals surface area contributed by atoms with Crippen LogP contribution in [-0.2, 0) is 10.8 Å². The van der Waals surface area contributed by atoms with Crippen LogP contribution in [0, 0.1) is 13.8 Å². The van der Waals surface area contributed by atoms with Gasteiger partial charge in [0, 0.05) is 47.5 Å². The number of phenols is 1. The van der Waals surface area contributed by atoms with Crippen molar-refractivity contribution in [1.82, 2.24) is 9.88 Å². The van der Waals surface area contributed by atoms with Crippen molar-refractivity contribution in [2.45, 2.75) is 20.3 Å². The number of anilines is 2. The van der Waals surface area contributed by atoms with Crippen molar-refractivity contribution < 1.29 is 14.1 Å². The molecule has 3 N–H and O–H groups in total. The molecule has 7 nitrogen and oxygen atoms in total. The molecule has 1 aliphatic heterocycles.